The largest absolute Gasteiger partial charge is 0.309 e. The van der Waals surface area contributed by atoms with Gasteiger partial charge in [-0.1, -0.05) is 224 Å². The summed E-state index contributed by atoms with van der Waals surface area (Å²) in [5, 5.41) is 5.84. The lowest BCUT2D eigenvalue weighted by atomic mass is 9.91. The third-order valence-electron chi connectivity index (χ3n) is 12.0. The number of nitrogens with zero attached hydrogens (tertiary/aromatic N) is 3. The average Bonchev–Trinajstić information content (AvgIpc) is 3.39. The standard InChI is InChI=1S/C59H40N3OP/c63-64(48-23-9-3-10-24-48,49-25-11-4-12-26-49)50-37-35-43(36-38-50)56-40-55(61-59(62-56)45-19-7-2-8-20-45)42-33-31-41(32-34-42)46-21-15-22-47(39-46)51-28-16-29-53-57(51)52-27-13-14-30-54(52)60-58(53)44-17-5-1-6-18-44/h1-40H. The Kier molecular flexibility index (Phi) is 10.1. The fourth-order valence-corrected chi connectivity index (χ4v) is 11.4. The number of pyridine rings is 1. The van der Waals surface area contributed by atoms with Crippen molar-refractivity contribution in [1.29, 1.82) is 0 Å². The quantitative estimate of drug-likeness (QED) is 0.107. The molecule has 5 heteroatoms. The number of fused-ring (bicyclic) bond motifs is 3. The second-order valence-electron chi connectivity index (χ2n) is 15.9. The van der Waals surface area contributed by atoms with Crippen molar-refractivity contribution in [3.8, 4) is 67.4 Å². The molecule has 0 atom stereocenters. The summed E-state index contributed by atoms with van der Waals surface area (Å²) in [5.41, 5.74) is 12.0. The van der Waals surface area contributed by atoms with E-state index < -0.39 is 7.14 Å². The van der Waals surface area contributed by atoms with Crippen LogP contribution in [0.3, 0.4) is 0 Å². The van der Waals surface area contributed by atoms with Crippen LogP contribution in [-0.2, 0) is 4.57 Å². The predicted octanol–water partition coefficient (Wildman–Crippen LogP) is 13.8. The van der Waals surface area contributed by atoms with Crippen molar-refractivity contribution in [2.45, 2.75) is 0 Å². The van der Waals surface area contributed by atoms with Crippen LogP contribution in [0.2, 0.25) is 0 Å². The highest BCUT2D eigenvalue weighted by Crippen LogP contribution is 2.43. The molecule has 11 aromatic rings. The van der Waals surface area contributed by atoms with Gasteiger partial charge in [0.25, 0.3) is 0 Å². The summed E-state index contributed by atoms with van der Waals surface area (Å²) in [7, 11) is -3.12. The minimum atomic E-state index is -3.12. The second-order valence-corrected chi connectivity index (χ2v) is 18.7. The summed E-state index contributed by atoms with van der Waals surface area (Å²) in [6.07, 6.45) is 0. The van der Waals surface area contributed by atoms with Gasteiger partial charge in [-0.25, -0.2) is 15.0 Å². The van der Waals surface area contributed by atoms with Crippen LogP contribution in [0.4, 0.5) is 0 Å². The van der Waals surface area contributed by atoms with E-state index in [0.29, 0.717) is 5.82 Å². The van der Waals surface area contributed by atoms with Crippen molar-refractivity contribution in [3.05, 3.63) is 243 Å². The van der Waals surface area contributed by atoms with Crippen molar-refractivity contribution < 1.29 is 4.57 Å². The Morgan fingerprint density at radius 3 is 1.42 bits per heavy atom. The molecule has 2 aromatic heterocycles. The maximum absolute atomic E-state index is 15.1. The number of rotatable bonds is 9. The highest BCUT2D eigenvalue weighted by molar-refractivity contribution is 7.85. The van der Waals surface area contributed by atoms with Crippen LogP contribution in [0, 0.1) is 0 Å². The number of aromatic nitrogens is 3. The Labute approximate surface area is 372 Å². The lowest BCUT2D eigenvalue weighted by Gasteiger charge is -2.20. The van der Waals surface area contributed by atoms with E-state index in [4.69, 9.17) is 15.0 Å². The maximum Gasteiger partial charge on any atom is 0.171 e. The Hall–Kier alpha value is -8.04. The summed E-state index contributed by atoms with van der Waals surface area (Å²) >= 11 is 0. The van der Waals surface area contributed by atoms with Crippen molar-refractivity contribution in [2.75, 3.05) is 0 Å². The highest BCUT2D eigenvalue weighted by Gasteiger charge is 2.29. The van der Waals surface area contributed by atoms with Crippen LogP contribution in [0.15, 0.2) is 243 Å². The molecule has 0 saturated heterocycles. The number of benzene rings is 9. The van der Waals surface area contributed by atoms with E-state index in [-0.39, 0.29) is 0 Å². The van der Waals surface area contributed by atoms with Crippen LogP contribution < -0.4 is 15.9 Å². The van der Waals surface area contributed by atoms with E-state index in [1.54, 1.807) is 0 Å². The highest BCUT2D eigenvalue weighted by atomic mass is 31.2. The minimum Gasteiger partial charge on any atom is -0.309 e. The molecule has 0 spiro atoms. The van der Waals surface area contributed by atoms with Crippen LogP contribution in [0.1, 0.15) is 0 Å². The van der Waals surface area contributed by atoms with Gasteiger partial charge in [0.05, 0.1) is 22.6 Å². The molecule has 4 nitrogen and oxygen atoms in total. The third-order valence-corrected chi connectivity index (χ3v) is 15.1. The van der Waals surface area contributed by atoms with Gasteiger partial charge < -0.3 is 4.57 Å². The Balaban J connectivity index is 0.959. The molecular formula is C59H40N3OP. The molecule has 2 heterocycles. The molecule has 0 aliphatic rings. The smallest absolute Gasteiger partial charge is 0.171 e. The fourth-order valence-electron chi connectivity index (χ4n) is 8.78. The first kappa shape index (κ1) is 38.9. The first-order valence-electron chi connectivity index (χ1n) is 21.5. The summed E-state index contributed by atoms with van der Waals surface area (Å²) in [4.78, 5) is 15.4. The van der Waals surface area contributed by atoms with E-state index in [2.05, 4.69) is 121 Å². The van der Waals surface area contributed by atoms with Gasteiger partial charge in [0.15, 0.2) is 13.0 Å². The molecule has 302 valence electrons. The number of para-hydroxylation sites is 1. The molecule has 0 N–H and O–H groups in total. The zero-order chi connectivity index (χ0) is 42.9. The van der Waals surface area contributed by atoms with E-state index in [1.807, 2.05) is 121 Å². The van der Waals surface area contributed by atoms with Crippen molar-refractivity contribution in [1.82, 2.24) is 15.0 Å². The molecular weight excluding hydrogens is 798 g/mol. The molecule has 0 amide bonds. The first-order valence-corrected chi connectivity index (χ1v) is 23.2. The normalized spacial score (nSPS) is 11.5. The SMILES string of the molecule is O=P(c1ccccc1)(c1ccccc1)c1ccc(-c2cc(-c3ccc(-c4cccc(-c5cccc6c(-c7ccccc7)nc7ccccc7c56)c4)cc3)nc(-c3ccccc3)n2)cc1. The van der Waals surface area contributed by atoms with Gasteiger partial charge in [0.1, 0.15) is 0 Å². The summed E-state index contributed by atoms with van der Waals surface area (Å²) in [5.74, 6) is 0.640. The van der Waals surface area contributed by atoms with Crippen LogP contribution >= 0.6 is 7.14 Å². The second kappa shape index (κ2) is 16.7. The van der Waals surface area contributed by atoms with Gasteiger partial charge >= 0.3 is 0 Å². The molecule has 0 saturated carbocycles. The molecule has 0 radical (unpaired) electrons. The van der Waals surface area contributed by atoms with E-state index in [0.717, 1.165) is 88.2 Å². The van der Waals surface area contributed by atoms with Gasteiger partial charge in [-0.3, -0.25) is 0 Å². The average molecular weight is 838 g/mol. The molecule has 0 bridgehead atoms. The molecule has 0 fully saturated rings. The van der Waals surface area contributed by atoms with Crippen molar-refractivity contribution in [3.63, 3.8) is 0 Å². The van der Waals surface area contributed by atoms with Crippen molar-refractivity contribution >= 4 is 44.7 Å². The van der Waals surface area contributed by atoms with Gasteiger partial charge in [-0.2, -0.15) is 0 Å². The molecule has 0 aliphatic heterocycles. The van der Waals surface area contributed by atoms with Gasteiger partial charge in [-0.05, 0) is 40.5 Å². The molecule has 0 unspecified atom stereocenters. The fraction of sp³-hybridized carbons (Fsp3) is 0. The minimum absolute atomic E-state index is 0.640. The lowest BCUT2D eigenvalue weighted by molar-refractivity contribution is 0.592. The number of hydrogen-bond acceptors (Lipinski definition) is 4. The number of hydrogen-bond donors (Lipinski definition) is 0. The molecule has 0 aliphatic carbocycles. The Morgan fingerprint density at radius 2 is 0.781 bits per heavy atom. The third kappa shape index (κ3) is 7.20. The monoisotopic (exact) mass is 837 g/mol. The van der Waals surface area contributed by atoms with Gasteiger partial charge in [-0.15, -0.1) is 0 Å². The zero-order valence-corrected chi connectivity index (χ0v) is 35.7. The summed E-state index contributed by atoms with van der Waals surface area (Å²) in [6, 6.07) is 82.6. The van der Waals surface area contributed by atoms with E-state index in [9.17, 15) is 0 Å². The Bertz CT molecular complexity index is 3440. The van der Waals surface area contributed by atoms with Crippen molar-refractivity contribution in [2.24, 2.45) is 0 Å². The van der Waals surface area contributed by atoms with Gasteiger partial charge in [0, 0.05) is 54.3 Å². The maximum atomic E-state index is 15.1. The lowest BCUT2D eigenvalue weighted by Crippen LogP contribution is -2.24. The topological polar surface area (TPSA) is 55.7 Å². The first-order chi connectivity index (χ1) is 31.6. The van der Waals surface area contributed by atoms with E-state index >= 15 is 4.57 Å². The van der Waals surface area contributed by atoms with Crippen LogP contribution in [-0.4, -0.2) is 15.0 Å². The van der Waals surface area contributed by atoms with Crippen LogP contribution in [0.5, 0.6) is 0 Å². The molecule has 64 heavy (non-hydrogen) atoms. The molecule has 11 rings (SSSR count). The van der Waals surface area contributed by atoms with E-state index in [1.165, 1.54) is 10.9 Å². The van der Waals surface area contributed by atoms with Gasteiger partial charge in [0.2, 0.25) is 0 Å². The molecule has 9 aromatic carbocycles. The van der Waals surface area contributed by atoms with Crippen LogP contribution in [0.25, 0.3) is 89.1 Å². The Morgan fingerprint density at radius 1 is 0.312 bits per heavy atom. The summed E-state index contributed by atoms with van der Waals surface area (Å²) < 4.78 is 15.1. The zero-order valence-electron chi connectivity index (χ0n) is 34.8. The summed E-state index contributed by atoms with van der Waals surface area (Å²) in [6.45, 7) is 0. The predicted molar refractivity (Wildman–Crippen MR) is 267 cm³/mol.